The minimum atomic E-state index is -1.24. The van der Waals surface area contributed by atoms with E-state index in [1.807, 2.05) is 0 Å². The van der Waals surface area contributed by atoms with E-state index in [-0.39, 0.29) is 17.9 Å². The summed E-state index contributed by atoms with van der Waals surface area (Å²) in [6.45, 7) is 8.48. The molecule has 0 heterocycles. The molecule has 0 saturated carbocycles. The molecule has 0 aliphatic heterocycles. The Kier molecular flexibility index (Phi) is 12.0. The molecular weight excluding hydrogens is 454 g/mol. The van der Waals surface area contributed by atoms with Crippen LogP contribution in [0.3, 0.4) is 0 Å². The monoisotopic (exact) mass is 493 g/mol. The molecule has 0 spiro atoms. The van der Waals surface area contributed by atoms with Crippen LogP contribution in [0.15, 0.2) is 24.3 Å². The van der Waals surface area contributed by atoms with Gasteiger partial charge in [0.1, 0.15) is 30.0 Å². The number of carbonyl (C=O) groups excluding carboxylic acids is 4. The molecule has 0 aromatic heterocycles. The van der Waals surface area contributed by atoms with Gasteiger partial charge in [-0.2, -0.15) is 0 Å². The number of hydrogen-bond donors (Lipinski definition) is 3. The molecule has 196 valence electrons. The first-order valence-electron chi connectivity index (χ1n) is 11.8. The van der Waals surface area contributed by atoms with Crippen LogP contribution in [0.5, 0.6) is 5.75 Å². The van der Waals surface area contributed by atoms with Crippen molar-refractivity contribution in [3.05, 3.63) is 29.8 Å². The number of phenolic OH excluding ortho intramolecular Hbond substituents is 1. The number of nitrogens with one attached hydrogen (secondary N) is 2. The molecule has 1 aromatic carbocycles. The van der Waals surface area contributed by atoms with Crippen molar-refractivity contribution in [1.82, 2.24) is 15.5 Å². The van der Waals surface area contributed by atoms with Crippen molar-refractivity contribution in [3.8, 4) is 5.75 Å². The van der Waals surface area contributed by atoms with Gasteiger partial charge in [0.05, 0.1) is 7.11 Å². The van der Waals surface area contributed by atoms with Gasteiger partial charge in [0.25, 0.3) is 0 Å². The zero-order valence-electron chi connectivity index (χ0n) is 21.6. The van der Waals surface area contributed by atoms with Gasteiger partial charge in [0.2, 0.25) is 11.8 Å². The average molecular weight is 494 g/mol. The average Bonchev–Trinajstić information content (AvgIpc) is 2.78. The number of phenols is 1. The molecule has 1 aromatic rings. The van der Waals surface area contributed by atoms with Crippen molar-refractivity contribution in [2.24, 2.45) is 0 Å². The second-order valence-corrected chi connectivity index (χ2v) is 9.22. The summed E-state index contributed by atoms with van der Waals surface area (Å²) < 4.78 is 9.84. The molecule has 10 heteroatoms. The Morgan fingerprint density at radius 3 is 2.31 bits per heavy atom. The largest absolute Gasteiger partial charge is 0.508 e. The molecule has 3 N–H and O–H groups in total. The lowest BCUT2D eigenvalue weighted by Gasteiger charge is -2.34. The summed E-state index contributed by atoms with van der Waals surface area (Å²) in [4.78, 5) is 52.0. The molecule has 0 fully saturated rings. The maximum Gasteiger partial charge on any atom is 0.408 e. The highest BCUT2D eigenvalue weighted by Crippen LogP contribution is 2.30. The van der Waals surface area contributed by atoms with Gasteiger partial charge in [-0.25, -0.2) is 4.79 Å². The second-order valence-electron chi connectivity index (χ2n) is 9.22. The number of benzene rings is 1. The van der Waals surface area contributed by atoms with E-state index in [9.17, 15) is 24.3 Å². The van der Waals surface area contributed by atoms with Crippen LogP contribution in [0.1, 0.15) is 71.9 Å². The molecule has 0 bridgehead atoms. The first kappa shape index (κ1) is 29.7. The minimum Gasteiger partial charge on any atom is -0.508 e. The Hall–Kier alpha value is -3.30. The van der Waals surface area contributed by atoms with Crippen LogP contribution < -0.4 is 10.6 Å². The predicted molar refractivity (Wildman–Crippen MR) is 131 cm³/mol. The van der Waals surface area contributed by atoms with Gasteiger partial charge in [-0.05, 0) is 40.2 Å². The van der Waals surface area contributed by atoms with E-state index in [2.05, 4.69) is 22.3 Å². The normalized spacial score (nSPS) is 12.7. The summed E-state index contributed by atoms with van der Waals surface area (Å²) in [5.74, 6) is -2.03. The highest BCUT2D eigenvalue weighted by Gasteiger charge is 2.35. The number of methoxy groups -OCH3 is 1. The van der Waals surface area contributed by atoms with Gasteiger partial charge in [-0.15, -0.1) is 0 Å². The molecule has 1 rings (SSSR count). The Labute approximate surface area is 207 Å². The van der Waals surface area contributed by atoms with E-state index in [1.165, 1.54) is 31.1 Å². The lowest BCUT2D eigenvalue weighted by atomic mass is 10.0. The number of alkyl carbamates (subject to hydrolysis) is 1. The van der Waals surface area contributed by atoms with Crippen molar-refractivity contribution in [1.29, 1.82) is 0 Å². The number of hydrogen-bond acceptors (Lipinski definition) is 7. The first-order chi connectivity index (χ1) is 16.4. The number of esters is 1. The van der Waals surface area contributed by atoms with Crippen LogP contribution in [-0.2, 0) is 23.9 Å². The summed E-state index contributed by atoms with van der Waals surface area (Å²) in [6.07, 6.45) is 2.59. The van der Waals surface area contributed by atoms with Gasteiger partial charge in [0.15, 0.2) is 0 Å². The van der Waals surface area contributed by atoms with Crippen LogP contribution in [0.25, 0.3) is 0 Å². The van der Waals surface area contributed by atoms with E-state index in [1.54, 1.807) is 32.9 Å². The smallest absolute Gasteiger partial charge is 0.408 e. The van der Waals surface area contributed by atoms with Crippen LogP contribution >= 0.6 is 0 Å². The number of para-hydroxylation sites is 1. The fourth-order valence-electron chi connectivity index (χ4n) is 3.37. The number of carbonyl (C=O) groups is 4. The van der Waals surface area contributed by atoms with E-state index in [0.717, 1.165) is 19.3 Å². The standard InChI is InChI=1S/C25H39N3O7/c1-7-8-9-12-15-28(23(32)17(2)27-24(33)35-25(3,4)5)21(18-13-10-11-14-19(18)29)22(31)26-16-20(30)34-6/h10-11,13-14,17,21,29H,7-9,12,15-16H2,1-6H3,(H,26,31)(H,27,33). The summed E-state index contributed by atoms with van der Waals surface area (Å²) in [5.41, 5.74) is -0.554. The minimum absolute atomic E-state index is 0.176. The van der Waals surface area contributed by atoms with Crippen LogP contribution in [0.2, 0.25) is 0 Å². The van der Waals surface area contributed by atoms with Crippen LogP contribution in [0, 0.1) is 0 Å². The Morgan fingerprint density at radius 2 is 1.74 bits per heavy atom. The third-order valence-corrected chi connectivity index (χ3v) is 5.07. The van der Waals surface area contributed by atoms with E-state index in [4.69, 9.17) is 4.74 Å². The molecule has 0 saturated heterocycles. The second kappa shape index (κ2) is 14.2. The summed E-state index contributed by atoms with van der Waals surface area (Å²) >= 11 is 0. The van der Waals surface area contributed by atoms with E-state index in [0.29, 0.717) is 6.42 Å². The Morgan fingerprint density at radius 1 is 1.09 bits per heavy atom. The summed E-state index contributed by atoms with van der Waals surface area (Å²) in [5, 5.41) is 15.5. The number of unbranched alkanes of at least 4 members (excludes halogenated alkanes) is 3. The molecule has 2 atom stereocenters. The number of amides is 3. The quantitative estimate of drug-likeness (QED) is 0.301. The predicted octanol–water partition coefficient (Wildman–Crippen LogP) is 3.04. The molecule has 10 nitrogen and oxygen atoms in total. The van der Waals surface area contributed by atoms with Crippen molar-refractivity contribution in [2.75, 3.05) is 20.2 Å². The number of ether oxygens (including phenoxy) is 2. The lowest BCUT2D eigenvalue weighted by molar-refractivity contribution is -0.144. The zero-order valence-corrected chi connectivity index (χ0v) is 21.6. The Bertz CT molecular complexity index is 867. The molecular formula is C25H39N3O7. The van der Waals surface area contributed by atoms with E-state index < -0.39 is 48.1 Å². The highest BCUT2D eigenvalue weighted by molar-refractivity contribution is 5.93. The third-order valence-electron chi connectivity index (χ3n) is 5.07. The number of aromatic hydroxyl groups is 1. The number of nitrogens with zero attached hydrogens (tertiary/aromatic N) is 1. The summed E-state index contributed by atoms with van der Waals surface area (Å²) in [6, 6.07) is 3.93. The SMILES string of the molecule is CCCCCCN(C(=O)C(C)NC(=O)OC(C)(C)C)C(C(=O)NCC(=O)OC)c1ccccc1O. The van der Waals surface area contributed by atoms with Crippen molar-refractivity contribution < 1.29 is 33.8 Å². The molecule has 35 heavy (non-hydrogen) atoms. The van der Waals surface area contributed by atoms with Crippen molar-refractivity contribution in [3.63, 3.8) is 0 Å². The maximum atomic E-state index is 13.5. The number of rotatable bonds is 12. The van der Waals surface area contributed by atoms with Gasteiger partial charge < -0.3 is 30.1 Å². The third kappa shape index (κ3) is 10.2. The highest BCUT2D eigenvalue weighted by atomic mass is 16.6. The van der Waals surface area contributed by atoms with Crippen LogP contribution in [-0.4, -0.2) is 65.7 Å². The van der Waals surface area contributed by atoms with Gasteiger partial charge in [-0.1, -0.05) is 44.4 Å². The molecule has 0 radical (unpaired) electrons. The van der Waals surface area contributed by atoms with Gasteiger partial charge >= 0.3 is 12.1 Å². The zero-order chi connectivity index (χ0) is 26.6. The molecule has 2 unspecified atom stereocenters. The molecule has 0 aliphatic carbocycles. The fraction of sp³-hybridized carbons (Fsp3) is 0.600. The Balaban J connectivity index is 3.31. The first-order valence-corrected chi connectivity index (χ1v) is 11.8. The van der Waals surface area contributed by atoms with E-state index >= 15 is 0 Å². The van der Waals surface area contributed by atoms with Crippen LogP contribution in [0.4, 0.5) is 4.79 Å². The molecule has 0 aliphatic rings. The van der Waals surface area contributed by atoms with Gasteiger partial charge in [0, 0.05) is 12.1 Å². The molecule has 3 amide bonds. The van der Waals surface area contributed by atoms with Crippen molar-refractivity contribution >= 4 is 23.9 Å². The topological polar surface area (TPSA) is 134 Å². The van der Waals surface area contributed by atoms with Gasteiger partial charge in [-0.3, -0.25) is 14.4 Å². The fourth-order valence-corrected chi connectivity index (χ4v) is 3.37. The lowest BCUT2D eigenvalue weighted by Crippen LogP contribution is -2.52. The van der Waals surface area contributed by atoms with Crippen molar-refractivity contribution in [2.45, 2.75) is 78.0 Å². The summed E-state index contributed by atoms with van der Waals surface area (Å²) in [7, 11) is 1.20. The maximum absolute atomic E-state index is 13.5.